The van der Waals surface area contributed by atoms with Gasteiger partial charge in [0.2, 0.25) is 0 Å². The lowest BCUT2D eigenvalue weighted by Crippen LogP contribution is -2.39. The largest absolute Gasteiger partial charge is 0.495 e. The van der Waals surface area contributed by atoms with Crippen molar-refractivity contribution in [1.82, 2.24) is 0 Å². The lowest BCUT2D eigenvalue weighted by atomic mass is 9.77. The number of methoxy groups -OCH3 is 2. The molecule has 0 aliphatic heterocycles. The molecule has 0 unspecified atom stereocenters. The fourth-order valence-electron chi connectivity index (χ4n) is 2.79. The molecule has 0 saturated heterocycles. The smallest absolute Gasteiger partial charge is 0.172 e. The molecule has 2 rings (SSSR count). The SMILES string of the molecule is COc1c(F)cc(C2(N)CCCCC2)c(OC)c1Br. The third kappa shape index (κ3) is 2.58. The highest BCUT2D eigenvalue weighted by Crippen LogP contribution is 2.46. The molecule has 0 amide bonds. The number of halogens is 2. The summed E-state index contributed by atoms with van der Waals surface area (Å²) in [5.74, 6) is 0.309. The molecule has 0 heterocycles. The highest BCUT2D eigenvalue weighted by molar-refractivity contribution is 9.10. The van der Waals surface area contributed by atoms with Gasteiger partial charge in [-0.2, -0.15) is 0 Å². The molecule has 0 aromatic heterocycles. The third-order valence-electron chi connectivity index (χ3n) is 3.82. The number of hydrogen-bond donors (Lipinski definition) is 1. The summed E-state index contributed by atoms with van der Waals surface area (Å²) < 4.78 is 25.0. The number of ether oxygens (including phenoxy) is 2. The van der Waals surface area contributed by atoms with Gasteiger partial charge >= 0.3 is 0 Å². The van der Waals surface area contributed by atoms with Crippen LogP contribution in [0.5, 0.6) is 11.5 Å². The Bertz CT molecular complexity index is 473. The van der Waals surface area contributed by atoms with Crippen LogP contribution < -0.4 is 15.2 Å². The quantitative estimate of drug-likeness (QED) is 0.917. The lowest BCUT2D eigenvalue weighted by Gasteiger charge is -2.35. The van der Waals surface area contributed by atoms with Crippen molar-refractivity contribution >= 4 is 15.9 Å². The van der Waals surface area contributed by atoms with E-state index >= 15 is 0 Å². The summed E-state index contributed by atoms with van der Waals surface area (Å²) >= 11 is 3.35. The standard InChI is InChI=1S/C14H19BrFNO2/c1-18-12-9(14(17)6-4-3-5-7-14)8-10(16)13(19-2)11(12)15/h8H,3-7,17H2,1-2H3. The van der Waals surface area contributed by atoms with E-state index in [1.165, 1.54) is 19.6 Å². The number of hydrogen-bond acceptors (Lipinski definition) is 3. The molecule has 19 heavy (non-hydrogen) atoms. The van der Waals surface area contributed by atoms with E-state index < -0.39 is 11.4 Å². The first kappa shape index (κ1) is 14.6. The molecule has 5 heteroatoms. The van der Waals surface area contributed by atoms with Crippen molar-refractivity contribution in [3.63, 3.8) is 0 Å². The average molecular weight is 332 g/mol. The summed E-state index contributed by atoms with van der Waals surface area (Å²) in [6, 6.07) is 1.45. The molecule has 1 fully saturated rings. The molecule has 0 radical (unpaired) electrons. The van der Waals surface area contributed by atoms with E-state index in [0.29, 0.717) is 10.2 Å². The summed E-state index contributed by atoms with van der Waals surface area (Å²) in [6.45, 7) is 0. The van der Waals surface area contributed by atoms with Gasteiger partial charge in [0.15, 0.2) is 11.6 Å². The normalized spacial score (nSPS) is 18.2. The summed E-state index contributed by atoms with van der Waals surface area (Å²) in [4.78, 5) is 0. The van der Waals surface area contributed by atoms with E-state index in [1.54, 1.807) is 7.11 Å². The van der Waals surface area contributed by atoms with Crippen molar-refractivity contribution in [2.75, 3.05) is 14.2 Å². The zero-order valence-electron chi connectivity index (χ0n) is 11.3. The van der Waals surface area contributed by atoms with Gasteiger partial charge in [-0.05, 0) is 34.8 Å². The van der Waals surface area contributed by atoms with Crippen LogP contribution in [-0.2, 0) is 5.54 Å². The van der Waals surface area contributed by atoms with Gasteiger partial charge in [-0.15, -0.1) is 0 Å². The maximum absolute atomic E-state index is 14.1. The van der Waals surface area contributed by atoms with Crippen LogP contribution in [0.25, 0.3) is 0 Å². The Balaban J connectivity index is 2.56. The lowest BCUT2D eigenvalue weighted by molar-refractivity contribution is 0.284. The number of benzene rings is 1. The predicted molar refractivity (Wildman–Crippen MR) is 76.2 cm³/mol. The van der Waals surface area contributed by atoms with Gasteiger partial charge in [0.25, 0.3) is 0 Å². The molecular formula is C14H19BrFNO2. The zero-order valence-corrected chi connectivity index (χ0v) is 12.8. The van der Waals surface area contributed by atoms with E-state index in [1.807, 2.05) is 0 Å². The Kier molecular flexibility index (Phi) is 4.36. The molecule has 0 spiro atoms. The van der Waals surface area contributed by atoms with E-state index in [0.717, 1.165) is 31.2 Å². The van der Waals surface area contributed by atoms with Crippen molar-refractivity contribution in [2.24, 2.45) is 5.73 Å². The third-order valence-corrected chi connectivity index (χ3v) is 4.54. The number of nitrogens with two attached hydrogens (primary N) is 1. The fourth-order valence-corrected chi connectivity index (χ4v) is 3.52. The molecule has 1 aliphatic carbocycles. The molecule has 106 valence electrons. The second-order valence-corrected chi connectivity index (χ2v) is 5.80. The van der Waals surface area contributed by atoms with E-state index in [2.05, 4.69) is 15.9 Å². The van der Waals surface area contributed by atoms with Gasteiger partial charge in [-0.25, -0.2) is 4.39 Å². The molecule has 1 aromatic carbocycles. The maximum atomic E-state index is 14.1. The Morgan fingerprint density at radius 1 is 1.16 bits per heavy atom. The second kappa shape index (κ2) is 5.67. The van der Waals surface area contributed by atoms with E-state index in [-0.39, 0.29) is 5.75 Å². The summed E-state index contributed by atoms with van der Waals surface area (Å²) in [5, 5.41) is 0. The van der Waals surface area contributed by atoms with Crippen LogP contribution in [0.2, 0.25) is 0 Å². The Morgan fingerprint density at radius 3 is 2.26 bits per heavy atom. The average Bonchev–Trinajstić information content (AvgIpc) is 2.39. The highest BCUT2D eigenvalue weighted by atomic mass is 79.9. The minimum absolute atomic E-state index is 0.153. The molecule has 3 nitrogen and oxygen atoms in total. The van der Waals surface area contributed by atoms with E-state index in [9.17, 15) is 4.39 Å². The van der Waals surface area contributed by atoms with Crippen LogP contribution in [0.15, 0.2) is 10.5 Å². The first-order valence-corrected chi connectivity index (χ1v) is 7.22. The van der Waals surface area contributed by atoms with Crippen LogP contribution in [0.3, 0.4) is 0 Å². The minimum atomic E-state index is -0.515. The van der Waals surface area contributed by atoms with Crippen molar-refractivity contribution < 1.29 is 13.9 Å². The molecular weight excluding hydrogens is 313 g/mol. The van der Waals surface area contributed by atoms with Crippen LogP contribution in [0.1, 0.15) is 37.7 Å². The minimum Gasteiger partial charge on any atom is -0.495 e. The van der Waals surface area contributed by atoms with Gasteiger partial charge in [-0.1, -0.05) is 19.3 Å². The van der Waals surface area contributed by atoms with Crippen molar-refractivity contribution in [3.05, 3.63) is 21.9 Å². The van der Waals surface area contributed by atoms with Gasteiger partial charge in [-0.3, -0.25) is 0 Å². The molecule has 0 atom stereocenters. The molecule has 1 aliphatic rings. The molecule has 1 saturated carbocycles. The molecule has 1 aromatic rings. The monoisotopic (exact) mass is 331 g/mol. The first-order chi connectivity index (χ1) is 9.03. The van der Waals surface area contributed by atoms with Crippen molar-refractivity contribution in [3.8, 4) is 11.5 Å². The highest BCUT2D eigenvalue weighted by Gasteiger charge is 2.34. The van der Waals surface area contributed by atoms with Gasteiger partial charge in [0, 0.05) is 11.1 Å². The van der Waals surface area contributed by atoms with Crippen molar-refractivity contribution in [2.45, 2.75) is 37.6 Å². The summed E-state index contributed by atoms with van der Waals surface area (Å²) in [5.41, 5.74) is 6.69. The molecule has 0 bridgehead atoms. The van der Waals surface area contributed by atoms with E-state index in [4.69, 9.17) is 15.2 Å². The fraction of sp³-hybridized carbons (Fsp3) is 0.571. The second-order valence-electron chi connectivity index (χ2n) is 5.00. The predicted octanol–water partition coefficient (Wildman–Crippen LogP) is 3.72. The van der Waals surface area contributed by atoms with Crippen LogP contribution in [-0.4, -0.2) is 14.2 Å². The van der Waals surface area contributed by atoms with Gasteiger partial charge < -0.3 is 15.2 Å². The topological polar surface area (TPSA) is 44.5 Å². The van der Waals surface area contributed by atoms with Gasteiger partial charge in [0.05, 0.1) is 14.2 Å². The van der Waals surface area contributed by atoms with Crippen molar-refractivity contribution in [1.29, 1.82) is 0 Å². The summed E-state index contributed by atoms with van der Waals surface area (Å²) in [6.07, 6.45) is 5.00. The van der Waals surface area contributed by atoms with Crippen LogP contribution >= 0.6 is 15.9 Å². The first-order valence-electron chi connectivity index (χ1n) is 6.43. The summed E-state index contributed by atoms with van der Waals surface area (Å²) in [7, 11) is 2.99. The zero-order chi connectivity index (χ0) is 14.0. The Labute approximate surface area is 121 Å². The van der Waals surface area contributed by atoms with Crippen LogP contribution in [0.4, 0.5) is 4.39 Å². The maximum Gasteiger partial charge on any atom is 0.172 e. The Hall–Kier alpha value is -0.810. The molecule has 2 N–H and O–H groups in total. The van der Waals surface area contributed by atoms with Crippen LogP contribution in [0, 0.1) is 5.82 Å². The van der Waals surface area contributed by atoms with Gasteiger partial charge in [0.1, 0.15) is 10.2 Å². The Morgan fingerprint density at radius 2 is 1.74 bits per heavy atom. The number of rotatable bonds is 3.